The minimum Gasteiger partial charge on any atom is -0.383 e. The molecule has 0 heterocycles. The number of carbonyl (C=O) groups is 1. The molecule has 0 unspecified atom stereocenters. The zero-order chi connectivity index (χ0) is 13.4. The molecule has 0 fully saturated rings. The van der Waals surface area contributed by atoms with Gasteiger partial charge >= 0.3 is 0 Å². The number of guanidine groups is 1. The van der Waals surface area contributed by atoms with Gasteiger partial charge in [-0.3, -0.25) is 4.79 Å². The van der Waals surface area contributed by atoms with Crippen LogP contribution in [0.4, 0.5) is 0 Å². The number of hydrogen-bond donors (Lipinski definition) is 3. The summed E-state index contributed by atoms with van der Waals surface area (Å²) >= 11 is 0. The molecule has 1 aromatic carbocycles. The largest absolute Gasteiger partial charge is 0.383 e. The predicted octanol–water partition coefficient (Wildman–Crippen LogP) is 0.454. The molecule has 5 N–H and O–H groups in total. The van der Waals surface area contributed by atoms with Crippen LogP contribution in [0.5, 0.6) is 0 Å². The Kier molecular flexibility index (Phi) is 8.88. The highest BCUT2D eigenvalue weighted by molar-refractivity contribution is 14.0. The number of ether oxygens (including phenoxy) is 1. The number of nitrogens with one attached hydrogen (secondary N) is 1. The topological polar surface area (TPSA) is 103 Å². The Bertz CT molecular complexity index is 437. The molecule has 0 bridgehead atoms. The summed E-state index contributed by atoms with van der Waals surface area (Å²) in [5, 5.41) is 2.90. The van der Waals surface area contributed by atoms with Crippen molar-refractivity contribution in [2.75, 3.05) is 20.3 Å². The van der Waals surface area contributed by atoms with Gasteiger partial charge in [-0.15, -0.1) is 24.0 Å². The van der Waals surface area contributed by atoms with Crippen molar-refractivity contribution < 1.29 is 9.53 Å². The van der Waals surface area contributed by atoms with Gasteiger partial charge in [0.2, 0.25) is 5.91 Å². The van der Waals surface area contributed by atoms with E-state index in [0.29, 0.717) is 31.2 Å². The molecule has 1 aromatic rings. The molecule has 19 heavy (non-hydrogen) atoms. The lowest BCUT2D eigenvalue weighted by molar-refractivity contribution is 0.1000. The minimum atomic E-state index is -0.452. The molecule has 0 aliphatic carbocycles. The summed E-state index contributed by atoms with van der Waals surface area (Å²) in [7, 11) is 1.62. The molecule has 7 heteroatoms. The number of amides is 1. The van der Waals surface area contributed by atoms with Crippen LogP contribution in [-0.4, -0.2) is 32.1 Å². The number of nitrogens with two attached hydrogens (primary N) is 2. The number of hydrogen-bond acceptors (Lipinski definition) is 3. The number of halogens is 1. The first-order valence-electron chi connectivity index (χ1n) is 5.55. The quantitative estimate of drug-likeness (QED) is 0.290. The van der Waals surface area contributed by atoms with Gasteiger partial charge in [-0.05, 0) is 17.7 Å². The molecule has 1 rings (SSSR count). The monoisotopic (exact) mass is 378 g/mol. The molecule has 0 atom stereocenters. The van der Waals surface area contributed by atoms with Crippen LogP contribution in [0.15, 0.2) is 29.3 Å². The van der Waals surface area contributed by atoms with Crippen molar-refractivity contribution in [1.82, 2.24) is 5.32 Å². The van der Waals surface area contributed by atoms with E-state index in [1.54, 1.807) is 25.3 Å². The Hall–Kier alpha value is -1.35. The summed E-state index contributed by atoms with van der Waals surface area (Å²) in [6.07, 6.45) is 0. The van der Waals surface area contributed by atoms with Crippen LogP contribution in [0.2, 0.25) is 0 Å². The highest BCUT2D eigenvalue weighted by Gasteiger charge is 2.00. The second-order valence-corrected chi connectivity index (χ2v) is 3.69. The first-order valence-corrected chi connectivity index (χ1v) is 5.55. The second-order valence-electron chi connectivity index (χ2n) is 3.69. The van der Waals surface area contributed by atoms with E-state index in [2.05, 4.69) is 10.3 Å². The fourth-order valence-corrected chi connectivity index (χ4v) is 1.34. The van der Waals surface area contributed by atoms with Crippen LogP contribution < -0.4 is 16.8 Å². The molecule has 0 saturated carbocycles. The second kappa shape index (κ2) is 9.56. The average Bonchev–Trinajstić information content (AvgIpc) is 2.37. The van der Waals surface area contributed by atoms with Crippen LogP contribution in [0, 0.1) is 0 Å². The van der Waals surface area contributed by atoms with Gasteiger partial charge in [-0.25, -0.2) is 4.99 Å². The van der Waals surface area contributed by atoms with Gasteiger partial charge in [0.05, 0.1) is 13.2 Å². The molecular formula is C12H19IN4O2. The normalized spacial score (nSPS) is 10.7. The standard InChI is InChI=1S/C12H18N4O2.HI/c1-18-6-5-15-12(14)16-8-9-3-2-4-10(7-9)11(13)17;/h2-4,7H,5-6,8H2,1H3,(H2,13,17)(H3,14,15,16);1H. The lowest BCUT2D eigenvalue weighted by Gasteiger charge is -2.05. The Morgan fingerprint density at radius 1 is 1.42 bits per heavy atom. The third kappa shape index (κ3) is 6.97. The van der Waals surface area contributed by atoms with Gasteiger partial charge in [0, 0.05) is 19.2 Å². The van der Waals surface area contributed by atoms with Crippen molar-refractivity contribution in [2.45, 2.75) is 6.54 Å². The highest BCUT2D eigenvalue weighted by Crippen LogP contribution is 2.05. The summed E-state index contributed by atoms with van der Waals surface area (Å²) < 4.78 is 4.87. The Labute approximate surface area is 129 Å². The van der Waals surface area contributed by atoms with Crippen molar-refractivity contribution in [3.63, 3.8) is 0 Å². The molecule has 1 amide bonds. The number of methoxy groups -OCH3 is 1. The SMILES string of the molecule is COCCNC(N)=NCc1cccc(C(N)=O)c1.I. The van der Waals surface area contributed by atoms with Gasteiger partial charge in [0.25, 0.3) is 0 Å². The number of carbonyl (C=O) groups excluding carboxylic acids is 1. The molecule has 0 aromatic heterocycles. The highest BCUT2D eigenvalue weighted by atomic mass is 127. The first-order chi connectivity index (χ1) is 8.63. The van der Waals surface area contributed by atoms with E-state index in [0.717, 1.165) is 5.56 Å². The van der Waals surface area contributed by atoms with Crippen molar-refractivity contribution in [3.05, 3.63) is 35.4 Å². The van der Waals surface area contributed by atoms with E-state index in [-0.39, 0.29) is 24.0 Å². The van der Waals surface area contributed by atoms with Crippen LogP contribution in [0.3, 0.4) is 0 Å². The molecule has 0 saturated heterocycles. The van der Waals surface area contributed by atoms with E-state index in [1.807, 2.05) is 6.07 Å². The van der Waals surface area contributed by atoms with Gasteiger partial charge in [-0.1, -0.05) is 12.1 Å². The average molecular weight is 378 g/mol. The van der Waals surface area contributed by atoms with Crippen LogP contribution in [0.1, 0.15) is 15.9 Å². The molecule has 0 aliphatic rings. The number of rotatable bonds is 6. The summed E-state index contributed by atoms with van der Waals surface area (Å²) in [6.45, 7) is 1.56. The van der Waals surface area contributed by atoms with E-state index in [9.17, 15) is 4.79 Å². The summed E-state index contributed by atoms with van der Waals surface area (Å²) in [6, 6.07) is 6.99. The van der Waals surface area contributed by atoms with E-state index in [1.165, 1.54) is 0 Å². The van der Waals surface area contributed by atoms with Crippen LogP contribution in [-0.2, 0) is 11.3 Å². The maximum Gasteiger partial charge on any atom is 0.248 e. The first kappa shape index (κ1) is 17.6. The minimum absolute atomic E-state index is 0. The zero-order valence-electron chi connectivity index (χ0n) is 10.8. The van der Waals surface area contributed by atoms with Gasteiger partial charge in [0.1, 0.15) is 0 Å². The molecule has 0 spiro atoms. The summed E-state index contributed by atoms with van der Waals surface area (Å²) in [4.78, 5) is 15.1. The summed E-state index contributed by atoms with van der Waals surface area (Å²) in [5.41, 5.74) is 12.2. The number of primary amides is 1. The molecule has 106 valence electrons. The van der Waals surface area contributed by atoms with Crippen molar-refractivity contribution >= 4 is 35.8 Å². The smallest absolute Gasteiger partial charge is 0.248 e. The Morgan fingerprint density at radius 2 is 2.16 bits per heavy atom. The fourth-order valence-electron chi connectivity index (χ4n) is 1.34. The Balaban J connectivity index is 0.00000324. The lowest BCUT2D eigenvalue weighted by atomic mass is 10.1. The van der Waals surface area contributed by atoms with Crippen LogP contribution >= 0.6 is 24.0 Å². The maximum atomic E-state index is 11.0. The summed E-state index contributed by atoms with van der Waals surface area (Å²) in [5.74, 6) is -0.108. The van der Waals surface area contributed by atoms with Gasteiger partial charge in [0.15, 0.2) is 5.96 Å². The number of nitrogens with zero attached hydrogens (tertiary/aromatic N) is 1. The molecule has 6 nitrogen and oxygen atoms in total. The van der Waals surface area contributed by atoms with E-state index < -0.39 is 5.91 Å². The van der Waals surface area contributed by atoms with E-state index >= 15 is 0 Å². The molecule has 0 radical (unpaired) electrons. The van der Waals surface area contributed by atoms with Crippen molar-refractivity contribution in [3.8, 4) is 0 Å². The third-order valence-electron chi connectivity index (χ3n) is 2.26. The fraction of sp³-hybridized carbons (Fsp3) is 0.333. The third-order valence-corrected chi connectivity index (χ3v) is 2.26. The van der Waals surface area contributed by atoms with Crippen molar-refractivity contribution in [1.29, 1.82) is 0 Å². The maximum absolute atomic E-state index is 11.0. The van der Waals surface area contributed by atoms with E-state index in [4.69, 9.17) is 16.2 Å². The van der Waals surface area contributed by atoms with Gasteiger partial charge in [-0.2, -0.15) is 0 Å². The number of aliphatic imine (C=N–C) groups is 1. The molecular weight excluding hydrogens is 359 g/mol. The zero-order valence-corrected chi connectivity index (χ0v) is 13.1. The van der Waals surface area contributed by atoms with Crippen molar-refractivity contribution in [2.24, 2.45) is 16.5 Å². The number of benzene rings is 1. The predicted molar refractivity (Wildman–Crippen MR) is 85.6 cm³/mol. The lowest BCUT2D eigenvalue weighted by Crippen LogP contribution is -2.34. The van der Waals surface area contributed by atoms with Crippen LogP contribution in [0.25, 0.3) is 0 Å². The Morgan fingerprint density at radius 3 is 2.79 bits per heavy atom. The molecule has 0 aliphatic heterocycles. The van der Waals surface area contributed by atoms with Gasteiger partial charge < -0.3 is 21.5 Å².